The number of ether oxygens (including phenoxy) is 1. The molecule has 0 aliphatic carbocycles. The fourth-order valence-corrected chi connectivity index (χ4v) is 1.97. The van der Waals surface area contributed by atoms with Crippen molar-refractivity contribution in [2.45, 2.75) is 52.0 Å². The van der Waals surface area contributed by atoms with Crippen molar-refractivity contribution in [3.8, 4) is 0 Å². The summed E-state index contributed by atoms with van der Waals surface area (Å²) >= 11 is 0. The standard InChI is InChI=1S/C15H28N2O2/c1-15(2,3)16-10-6-4-5-7-11-17-13-19-12-8-9-14(17)18/h8-9,16H,4-7,10-13H2,1-3H3. The molecule has 1 amide bonds. The van der Waals surface area contributed by atoms with Gasteiger partial charge in [0.05, 0.1) is 6.61 Å². The van der Waals surface area contributed by atoms with Crippen LogP contribution < -0.4 is 5.32 Å². The number of hydrogen-bond donors (Lipinski definition) is 1. The Balaban J connectivity index is 2.01. The summed E-state index contributed by atoms with van der Waals surface area (Å²) in [5, 5.41) is 3.48. The molecule has 1 aliphatic heterocycles. The first-order valence-corrected chi connectivity index (χ1v) is 7.27. The smallest absolute Gasteiger partial charge is 0.248 e. The Morgan fingerprint density at radius 2 is 2.00 bits per heavy atom. The lowest BCUT2D eigenvalue weighted by atomic mass is 10.1. The number of carbonyl (C=O) groups excluding carboxylic acids is 1. The predicted molar refractivity (Wildman–Crippen MR) is 77.9 cm³/mol. The van der Waals surface area contributed by atoms with Gasteiger partial charge in [0.2, 0.25) is 5.91 Å². The van der Waals surface area contributed by atoms with Crippen molar-refractivity contribution in [3.05, 3.63) is 12.2 Å². The highest BCUT2D eigenvalue weighted by atomic mass is 16.5. The van der Waals surface area contributed by atoms with Gasteiger partial charge < -0.3 is 15.0 Å². The highest BCUT2D eigenvalue weighted by Gasteiger charge is 2.12. The number of rotatable bonds is 7. The molecule has 0 atom stereocenters. The Bertz CT molecular complexity index is 295. The van der Waals surface area contributed by atoms with Gasteiger partial charge in [-0.25, -0.2) is 0 Å². The molecule has 0 spiro atoms. The van der Waals surface area contributed by atoms with Crippen LogP contribution in [0.15, 0.2) is 12.2 Å². The van der Waals surface area contributed by atoms with Crippen LogP contribution in [0.1, 0.15) is 46.5 Å². The van der Waals surface area contributed by atoms with Gasteiger partial charge in [0.25, 0.3) is 0 Å². The summed E-state index contributed by atoms with van der Waals surface area (Å²) in [6.07, 6.45) is 8.02. The largest absolute Gasteiger partial charge is 0.357 e. The quantitative estimate of drug-likeness (QED) is 0.720. The zero-order valence-electron chi connectivity index (χ0n) is 12.6. The second kappa shape index (κ2) is 8.33. The van der Waals surface area contributed by atoms with E-state index in [1.54, 1.807) is 17.1 Å². The maximum Gasteiger partial charge on any atom is 0.248 e. The molecular weight excluding hydrogens is 240 g/mol. The van der Waals surface area contributed by atoms with Gasteiger partial charge in [0.1, 0.15) is 6.73 Å². The molecule has 0 aromatic rings. The molecule has 110 valence electrons. The van der Waals surface area contributed by atoms with Gasteiger partial charge in [0.15, 0.2) is 0 Å². The summed E-state index contributed by atoms with van der Waals surface area (Å²) in [5.74, 6) is 0.0758. The first kappa shape index (κ1) is 16.2. The molecule has 0 bridgehead atoms. The lowest BCUT2D eigenvalue weighted by Gasteiger charge is -2.21. The van der Waals surface area contributed by atoms with E-state index in [0.717, 1.165) is 19.5 Å². The molecule has 0 saturated heterocycles. The molecule has 1 heterocycles. The zero-order valence-corrected chi connectivity index (χ0v) is 12.6. The normalized spacial score (nSPS) is 16.8. The molecule has 0 aromatic heterocycles. The van der Waals surface area contributed by atoms with E-state index in [1.807, 2.05) is 0 Å². The molecule has 0 radical (unpaired) electrons. The Morgan fingerprint density at radius 3 is 2.74 bits per heavy atom. The van der Waals surface area contributed by atoms with Crippen LogP contribution in [-0.2, 0) is 9.53 Å². The number of carbonyl (C=O) groups is 1. The molecule has 4 heteroatoms. The second-order valence-electron chi connectivity index (χ2n) is 6.09. The van der Waals surface area contributed by atoms with Crippen molar-refractivity contribution in [1.29, 1.82) is 0 Å². The fourth-order valence-electron chi connectivity index (χ4n) is 1.97. The summed E-state index contributed by atoms with van der Waals surface area (Å²) in [5.41, 5.74) is 0.210. The minimum Gasteiger partial charge on any atom is -0.357 e. The SMILES string of the molecule is CC(C)(C)NCCCCCCN1COCC=CC1=O. The molecule has 4 nitrogen and oxygen atoms in total. The highest BCUT2D eigenvalue weighted by molar-refractivity contribution is 5.87. The molecule has 0 fully saturated rings. The minimum atomic E-state index is 0.0758. The Hall–Kier alpha value is -0.870. The number of nitrogens with one attached hydrogen (secondary N) is 1. The summed E-state index contributed by atoms with van der Waals surface area (Å²) in [4.78, 5) is 13.4. The summed E-state index contributed by atoms with van der Waals surface area (Å²) in [6, 6.07) is 0. The van der Waals surface area contributed by atoms with E-state index < -0.39 is 0 Å². The fraction of sp³-hybridized carbons (Fsp3) is 0.800. The number of unbranched alkanes of at least 4 members (excludes halogenated alkanes) is 3. The average Bonchev–Trinajstić information content (AvgIpc) is 2.52. The number of hydrogen-bond acceptors (Lipinski definition) is 3. The van der Waals surface area contributed by atoms with Crippen LogP contribution in [0.2, 0.25) is 0 Å². The molecule has 1 rings (SSSR count). The monoisotopic (exact) mass is 268 g/mol. The van der Waals surface area contributed by atoms with Crippen molar-refractivity contribution in [2.75, 3.05) is 26.4 Å². The minimum absolute atomic E-state index is 0.0758. The Kier molecular flexibility index (Phi) is 7.10. The van der Waals surface area contributed by atoms with Gasteiger partial charge in [-0.2, -0.15) is 0 Å². The van der Waals surface area contributed by atoms with Crippen LogP contribution in [0.4, 0.5) is 0 Å². The van der Waals surface area contributed by atoms with Crippen molar-refractivity contribution in [2.24, 2.45) is 0 Å². The maximum atomic E-state index is 11.6. The van der Waals surface area contributed by atoms with Crippen molar-refractivity contribution < 1.29 is 9.53 Å². The van der Waals surface area contributed by atoms with Crippen molar-refractivity contribution >= 4 is 5.91 Å². The number of amides is 1. The van der Waals surface area contributed by atoms with Gasteiger partial charge in [-0.1, -0.05) is 18.9 Å². The molecule has 0 aromatic carbocycles. The van der Waals surface area contributed by atoms with Crippen LogP contribution in [-0.4, -0.2) is 42.8 Å². The third-order valence-corrected chi connectivity index (χ3v) is 3.04. The molecule has 1 aliphatic rings. The van der Waals surface area contributed by atoms with Gasteiger partial charge in [0, 0.05) is 18.2 Å². The van der Waals surface area contributed by atoms with E-state index in [0.29, 0.717) is 13.3 Å². The second-order valence-corrected chi connectivity index (χ2v) is 6.09. The predicted octanol–water partition coefficient (Wildman–Crippen LogP) is 2.31. The first-order chi connectivity index (χ1) is 8.99. The van der Waals surface area contributed by atoms with Crippen molar-refractivity contribution in [3.63, 3.8) is 0 Å². The first-order valence-electron chi connectivity index (χ1n) is 7.27. The molecular formula is C15H28N2O2. The highest BCUT2D eigenvalue weighted by Crippen LogP contribution is 2.05. The van der Waals surface area contributed by atoms with Crippen LogP contribution in [0.25, 0.3) is 0 Å². The zero-order chi connectivity index (χ0) is 14.1. The summed E-state index contributed by atoms with van der Waals surface area (Å²) in [6.45, 7) is 9.40. The van der Waals surface area contributed by atoms with Gasteiger partial charge in [-0.3, -0.25) is 4.79 Å². The maximum absolute atomic E-state index is 11.6. The van der Waals surface area contributed by atoms with E-state index in [9.17, 15) is 4.79 Å². The Morgan fingerprint density at radius 1 is 1.26 bits per heavy atom. The van der Waals surface area contributed by atoms with E-state index in [2.05, 4.69) is 26.1 Å². The molecule has 0 unspecified atom stereocenters. The van der Waals surface area contributed by atoms with Crippen molar-refractivity contribution in [1.82, 2.24) is 10.2 Å². The topological polar surface area (TPSA) is 41.6 Å². The van der Waals surface area contributed by atoms with Crippen LogP contribution in [0, 0.1) is 0 Å². The van der Waals surface area contributed by atoms with E-state index in [4.69, 9.17) is 4.74 Å². The van der Waals surface area contributed by atoms with E-state index >= 15 is 0 Å². The van der Waals surface area contributed by atoms with Crippen LogP contribution in [0.3, 0.4) is 0 Å². The number of nitrogens with zero attached hydrogens (tertiary/aromatic N) is 1. The molecule has 19 heavy (non-hydrogen) atoms. The van der Waals surface area contributed by atoms with Crippen LogP contribution >= 0.6 is 0 Å². The summed E-state index contributed by atoms with van der Waals surface area (Å²) < 4.78 is 5.32. The van der Waals surface area contributed by atoms with Crippen LogP contribution in [0.5, 0.6) is 0 Å². The Labute approximate surface area is 117 Å². The molecule has 1 N–H and O–H groups in total. The van der Waals surface area contributed by atoms with Gasteiger partial charge >= 0.3 is 0 Å². The van der Waals surface area contributed by atoms with E-state index in [-0.39, 0.29) is 11.4 Å². The third kappa shape index (κ3) is 8.01. The van der Waals surface area contributed by atoms with Gasteiger partial charge in [-0.05, 0) is 40.2 Å². The molecule has 0 saturated carbocycles. The average molecular weight is 268 g/mol. The lowest BCUT2D eigenvalue weighted by Crippen LogP contribution is -2.36. The van der Waals surface area contributed by atoms with E-state index in [1.165, 1.54) is 19.3 Å². The third-order valence-electron chi connectivity index (χ3n) is 3.04. The summed E-state index contributed by atoms with van der Waals surface area (Å²) in [7, 11) is 0. The van der Waals surface area contributed by atoms with Gasteiger partial charge in [-0.15, -0.1) is 0 Å². The lowest BCUT2D eigenvalue weighted by molar-refractivity contribution is -0.130.